The van der Waals surface area contributed by atoms with Gasteiger partial charge in [0.1, 0.15) is 18.1 Å². The minimum absolute atomic E-state index is 0.500. The lowest BCUT2D eigenvalue weighted by atomic mass is 10.1. The van der Waals surface area contributed by atoms with Gasteiger partial charge in [0.15, 0.2) is 0 Å². The van der Waals surface area contributed by atoms with Crippen molar-refractivity contribution in [1.29, 1.82) is 0 Å². The zero-order chi connectivity index (χ0) is 15.5. The molecule has 0 radical (unpaired) electrons. The number of nitrogens with zero attached hydrogens (tertiary/aromatic N) is 1. The molecule has 0 saturated carbocycles. The van der Waals surface area contributed by atoms with Gasteiger partial charge >= 0.3 is 0 Å². The molecular formula is C18H20N2O2. The number of aryl methyl sites for hydroxylation is 1. The third-order valence-corrected chi connectivity index (χ3v) is 3.76. The van der Waals surface area contributed by atoms with Gasteiger partial charge in [-0.25, -0.2) is 0 Å². The standard InChI is InChI=1S/C18H20N2O2/c1-3-20-11-13(17-9-14(19)7-8-18(17)20)12-22-16-6-4-5-15(10-16)21-2/h4-11H,3,12,19H2,1-2H3. The van der Waals surface area contributed by atoms with Crippen LogP contribution in [0.1, 0.15) is 12.5 Å². The van der Waals surface area contributed by atoms with Gasteiger partial charge in [0.25, 0.3) is 0 Å². The van der Waals surface area contributed by atoms with E-state index in [0.717, 1.165) is 34.7 Å². The highest BCUT2D eigenvalue weighted by Gasteiger charge is 2.09. The summed E-state index contributed by atoms with van der Waals surface area (Å²) >= 11 is 0. The van der Waals surface area contributed by atoms with Crippen molar-refractivity contribution in [3.8, 4) is 11.5 Å². The van der Waals surface area contributed by atoms with E-state index in [1.165, 1.54) is 5.52 Å². The average Bonchev–Trinajstić information content (AvgIpc) is 2.90. The second-order valence-corrected chi connectivity index (χ2v) is 5.18. The first-order valence-electron chi connectivity index (χ1n) is 7.35. The van der Waals surface area contributed by atoms with E-state index in [0.29, 0.717) is 6.61 Å². The van der Waals surface area contributed by atoms with Crippen LogP contribution < -0.4 is 15.2 Å². The Morgan fingerprint density at radius 2 is 1.91 bits per heavy atom. The Morgan fingerprint density at radius 1 is 1.09 bits per heavy atom. The maximum absolute atomic E-state index is 5.92. The highest BCUT2D eigenvalue weighted by Crippen LogP contribution is 2.26. The Kier molecular flexibility index (Phi) is 3.92. The van der Waals surface area contributed by atoms with E-state index in [-0.39, 0.29) is 0 Å². The highest BCUT2D eigenvalue weighted by molar-refractivity contribution is 5.86. The summed E-state index contributed by atoms with van der Waals surface area (Å²) < 4.78 is 13.3. The number of hydrogen-bond donors (Lipinski definition) is 1. The fraction of sp³-hybridized carbons (Fsp3) is 0.222. The Bertz CT molecular complexity index is 793. The van der Waals surface area contributed by atoms with E-state index in [2.05, 4.69) is 23.8 Å². The molecule has 0 amide bonds. The molecule has 0 spiro atoms. The van der Waals surface area contributed by atoms with Crippen LogP contribution >= 0.6 is 0 Å². The summed E-state index contributed by atoms with van der Waals surface area (Å²) in [7, 11) is 1.65. The van der Waals surface area contributed by atoms with Gasteiger partial charge in [0.05, 0.1) is 7.11 Å². The second-order valence-electron chi connectivity index (χ2n) is 5.18. The second kappa shape index (κ2) is 6.02. The molecule has 0 fully saturated rings. The molecule has 0 atom stereocenters. The summed E-state index contributed by atoms with van der Waals surface area (Å²) in [5.74, 6) is 1.58. The number of nitrogens with two attached hydrogens (primary N) is 1. The molecule has 0 unspecified atom stereocenters. The van der Waals surface area contributed by atoms with Gasteiger partial charge in [-0.2, -0.15) is 0 Å². The number of benzene rings is 2. The van der Waals surface area contributed by atoms with E-state index in [1.807, 2.05) is 36.4 Å². The molecule has 0 aliphatic rings. The van der Waals surface area contributed by atoms with E-state index >= 15 is 0 Å². The predicted molar refractivity (Wildman–Crippen MR) is 89.4 cm³/mol. The number of nitrogen functional groups attached to an aromatic ring is 1. The average molecular weight is 296 g/mol. The fourth-order valence-electron chi connectivity index (χ4n) is 2.62. The van der Waals surface area contributed by atoms with Crippen LogP contribution in [-0.2, 0) is 13.2 Å². The van der Waals surface area contributed by atoms with Gasteiger partial charge in [-0.15, -0.1) is 0 Å². The number of methoxy groups -OCH3 is 1. The summed E-state index contributed by atoms with van der Waals surface area (Å²) in [6.45, 7) is 3.54. The van der Waals surface area contributed by atoms with Gasteiger partial charge in [-0.05, 0) is 37.3 Å². The van der Waals surface area contributed by atoms with Crippen molar-refractivity contribution in [2.24, 2.45) is 0 Å². The molecule has 2 N–H and O–H groups in total. The van der Waals surface area contributed by atoms with Crippen LogP contribution in [0, 0.1) is 0 Å². The summed E-state index contributed by atoms with van der Waals surface area (Å²) in [5, 5.41) is 1.14. The van der Waals surface area contributed by atoms with Crippen LogP contribution in [-0.4, -0.2) is 11.7 Å². The van der Waals surface area contributed by atoms with Crippen LogP contribution in [0.5, 0.6) is 11.5 Å². The molecule has 0 bridgehead atoms. The van der Waals surface area contributed by atoms with Gasteiger partial charge < -0.3 is 19.8 Å². The number of ether oxygens (including phenoxy) is 2. The fourth-order valence-corrected chi connectivity index (χ4v) is 2.62. The molecule has 2 aromatic carbocycles. The van der Waals surface area contributed by atoms with Gasteiger partial charge in [-0.3, -0.25) is 0 Å². The molecule has 4 nitrogen and oxygen atoms in total. The SMILES string of the molecule is CCn1cc(COc2cccc(OC)c2)c2cc(N)ccc21. The summed E-state index contributed by atoms with van der Waals surface area (Å²) in [6, 6.07) is 13.6. The maximum atomic E-state index is 5.92. The normalized spacial score (nSPS) is 10.8. The first-order chi connectivity index (χ1) is 10.7. The zero-order valence-corrected chi connectivity index (χ0v) is 12.9. The van der Waals surface area contributed by atoms with E-state index in [1.54, 1.807) is 7.11 Å². The van der Waals surface area contributed by atoms with Crippen LogP contribution in [0.2, 0.25) is 0 Å². The zero-order valence-electron chi connectivity index (χ0n) is 12.9. The highest BCUT2D eigenvalue weighted by atomic mass is 16.5. The topological polar surface area (TPSA) is 49.4 Å². The molecular weight excluding hydrogens is 276 g/mol. The lowest BCUT2D eigenvalue weighted by Crippen LogP contribution is -1.95. The number of fused-ring (bicyclic) bond motifs is 1. The number of rotatable bonds is 5. The molecule has 3 rings (SSSR count). The van der Waals surface area contributed by atoms with Gasteiger partial charge in [0.2, 0.25) is 0 Å². The van der Waals surface area contributed by atoms with Crippen molar-refractivity contribution in [3.63, 3.8) is 0 Å². The maximum Gasteiger partial charge on any atom is 0.123 e. The van der Waals surface area contributed by atoms with Crippen LogP contribution in [0.15, 0.2) is 48.7 Å². The Balaban J connectivity index is 1.88. The molecule has 22 heavy (non-hydrogen) atoms. The van der Waals surface area contributed by atoms with Crippen LogP contribution in [0.3, 0.4) is 0 Å². The summed E-state index contributed by atoms with van der Waals surface area (Å²) in [5.41, 5.74) is 9.00. The molecule has 0 saturated heterocycles. The molecule has 0 aliphatic carbocycles. The molecule has 1 heterocycles. The first kappa shape index (κ1) is 14.3. The monoisotopic (exact) mass is 296 g/mol. The molecule has 0 aliphatic heterocycles. The predicted octanol–water partition coefficient (Wildman–Crippen LogP) is 3.83. The lowest BCUT2D eigenvalue weighted by Gasteiger charge is -2.07. The Morgan fingerprint density at radius 3 is 2.68 bits per heavy atom. The van der Waals surface area contributed by atoms with E-state index in [4.69, 9.17) is 15.2 Å². The number of aromatic nitrogens is 1. The molecule has 3 aromatic rings. The summed E-state index contributed by atoms with van der Waals surface area (Å²) in [6.07, 6.45) is 2.13. The Hall–Kier alpha value is -2.62. The van der Waals surface area contributed by atoms with Gasteiger partial charge in [0, 0.05) is 41.0 Å². The van der Waals surface area contributed by atoms with Crippen molar-refractivity contribution in [2.75, 3.05) is 12.8 Å². The van der Waals surface area contributed by atoms with Crippen LogP contribution in [0.4, 0.5) is 5.69 Å². The minimum atomic E-state index is 0.500. The van der Waals surface area contributed by atoms with Crippen molar-refractivity contribution in [3.05, 3.63) is 54.2 Å². The van der Waals surface area contributed by atoms with Crippen molar-refractivity contribution < 1.29 is 9.47 Å². The minimum Gasteiger partial charge on any atom is -0.497 e. The molecule has 114 valence electrons. The van der Waals surface area contributed by atoms with Crippen molar-refractivity contribution in [2.45, 2.75) is 20.1 Å². The quantitative estimate of drug-likeness (QED) is 0.728. The third kappa shape index (κ3) is 2.72. The summed E-state index contributed by atoms with van der Waals surface area (Å²) in [4.78, 5) is 0. The van der Waals surface area contributed by atoms with Crippen LogP contribution in [0.25, 0.3) is 10.9 Å². The van der Waals surface area contributed by atoms with E-state index < -0.39 is 0 Å². The largest absolute Gasteiger partial charge is 0.497 e. The van der Waals surface area contributed by atoms with E-state index in [9.17, 15) is 0 Å². The van der Waals surface area contributed by atoms with Crippen molar-refractivity contribution in [1.82, 2.24) is 4.57 Å². The third-order valence-electron chi connectivity index (χ3n) is 3.76. The smallest absolute Gasteiger partial charge is 0.123 e. The number of hydrogen-bond acceptors (Lipinski definition) is 3. The van der Waals surface area contributed by atoms with Gasteiger partial charge in [-0.1, -0.05) is 6.07 Å². The lowest BCUT2D eigenvalue weighted by molar-refractivity contribution is 0.304. The Labute approximate surface area is 130 Å². The van der Waals surface area contributed by atoms with Crippen molar-refractivity contribution >= 4 is 16.6 Å². The molecule has 1 aromatic heterocycles. The number of anilines is 1. The first-order valence-corrected chi connectivity index (χ1v) is 7.35. The molecule has 4 heteroatoms.